The molecule has 2 N–H and O–H groups in total. The van der Waals surface area contributed by atoms with Crippen LogP contribution >= 0.6 is 46.4 Å². The third-order valence-corrected chi connectivity index (χ3v) is 4.32. The summed E-state index contributed by atoms with van der Waals surface area (Å²) < 4.78 is 37.9. The summed E-state index contributed by atoms with van der Waals surface area (Å²) in [7, 11) is 0. The van der Waals surface area contributed by atoms with Crippen LogP contribution in [0.1, 0.15) is 5.56 Å². The normalized spacial score (nSPS) is 11.8. The zero-order valence-corrected chi connectivity index (χ0v) is 13.1. The zero-order valence-electron chi connectivity index (χ0n) is 10.0. The summed E-state index contributed by atoms with van der Waals surface area (Å²) in [6.07, 6.45) is -4.49. The Balaban J connectivity index is 2.67. The van der Waals surface area contributed by atoms with E-state index in [-0.39, 0.29) is 36.9 Å². The van der Waals surface area contributed by atoms with Crippen LogP contribution in [0.4, 0.5) is 18.9 Å². The number of nitrogen functional groups attached to an aromatic ring is 1. The molecule has 0 unspecified atom stereocenters. The molecule has 0 atom stereocenters. The fraction of sp³-hybridized carbons (Fsp3) is 0.0769. The molecule has 0 bridgehead atoms. The van der Waals surface area contributed by atoms with Crippen LogP contribution in [0, 0.1) is 0 Å². The molecular formula is C13H6Cl4F3N. The van der Waals surface area contributed by atoms with E-state index in [1.165, 1.54) is 12.1 Å². The van der Waals surface area contributed by atoms with Gasteiger partial charge in [0.1, 0.15) is 0 Å². The summed E-state index contributed by atoms with van der Waals surface area (Å²) in [6.45, 7) is 0. The first-order valence-electron chi connectivity index (χ1n) is 5.43. The van der Waals surface area contributed by atoms with Crippen molar-refractivity contribution < 1.29 is 13.2 Å². The molecule has 0 spiro atoms. The number of nitrogens with two attached hydrogens (primary N) is 1. The van der Waals surface area contributed by atoms with E-state index in [0.717, 1.165) is 12.1 Å². The fourth-order valence-corrected chi connectivity index (χ4v) is 2.90. The van der Waals surface area contributed by atoms with E-state index in [9.17, 15) is 13.2 Å². The van der Waals surface area contributed by atoms with E-state index in [0.29, 0.717) is 0 Å². The Morgan fingerprint density at radius 3 is 2.00 bits per heavy atom. The monoisotopic (exact) mass is 373 g/mol. The summed E-state index contributed by atoms with van der Waals surface area (Å²) in [5.41, 5.74) is 5.18. The molecule has 0 saturated carbocycles. The molecule has 0 aliphatic heterocycles. The van der Waals surface area contributed by atoms with Crippen LogP contribution in [-0.2, 0) is 6.18 Å². The van der Waals surface area contributed by atoms with Crippen molar-refractivity contribution in [3.05, 3.63) is 49.9 Å². The van der Waals surface area contributed by atoms with Gasteiger partial charge in [0.25, 0.3) is 0 Å². The zero-order chi connectivity index (χ0) is 15.9. The minimum atomic E-state index is -4.49. The molecule has 2 aromatic carbocycles. The third kappa shape index (κ3) is 3.19. The average Bonchev–Trinajstić information content (AvgIpc) is 2.37. The number of alkyl halides is 3. The van der Waals surface area contributed by atoms with Crippen molar-refractivity contribution in [1.82, 2.24) is 0 Å². The Morgan fingerprint density at radius 2 is 1.48 bits per heavy atom. The van der Waals surface area contributed by atoms with Crippen molar-refractivity contribution >= 4 is 52.1 Å². The Labute approximate surface area is 138 Å². The molecule has 0 aromatic heterocycles. The topological polar surface area (TPSA) is 26.0 Å². The van der Waals surface area contributed by atoms with Crippen LogP contribution in [0.25, 0.3) is 11.1 Å². The highest BCUT2D eigenvalue weighted by atomic mass is 35.5. The van der Waals surface area contributed by atoms with Crippen molar-refractivity contribution in [3.63, 3.8) is 0 Å². The second-order valence-electron chi connectivity index (χ2n) is 4.14. The lowest BCUT2D eigenvalue weighted by Crippen LogP contribution is -2.06. The van der Waals surface area contributed by atoms with Crippen LogP contribution in [0.15, 0.2) is 24.3 Å². The standard InChI is InChI=1S/C13H6Cl4F3N/c14-7-4-8(15)11(16)12(17)10(7)6-2-1-5(3-9(6)21)13(18,19)20/h1-4H,21H2. The van der Waals surface area contributed by atoms with Crippen molar-refractivity contribution in [1.29, 1.82) is 0 Å². The van der Waals surface area contributed by atoms with Crippen LogP contribution in [0.3, 0.4) is 0 Å². The van der Waals surface area contributed by atoms with Gasteiger partial charge in [-0.1, -0.05) is 52.5 Å². The lowest BCUT2D eigenvalue weighted by molar-refractivity contribution is -0.137. The van der Waals surface area contributed by atoms with E-state index < -0.39 is 11.7 Å². The van der Waals surface area contributed by atoms with Gasteiger partial charge in [0.05, 0.1) is 25.7 Å². The molecule has 2 aromatic rings. The van der Waals surface area contributed by atoms with E-state index >= 15 is 0 Å². The van der Waals surface area contributed by atoms with Gasteiger partial charge in [0, 0.05) is 16.8 Å². The Morgan fingerprint density at radius 1 is 0.857 bits per heavy atom. The highest BCUT2D eigenvalue weighted by Crippen LogP contribution is 2.45. The van der Waals surface area contributed by atoms with Gasteiger partial charge in [-0.2, -0.15) is 13.2 Å². The maximum Gasteiger partial charge on any atom is 0.416 e. The first kappa shape index (κ1) is 16.6. The van der Waals surface area contributed by atoms with E-state index in [1.807, 2.05) is 0 Å². The van der Waals surface area contributed by atoms with Gasteiger partial charge in [-0.05, 0) is 18.2 Å². The van der Waals surface area contributed by atoms with Gasteiger partial charge in [-0.15, -0.1) is 0 Å². The Bertz CT molecular complexity index is 714. The van der Waals surface area contributed by atoms with Crippen molar-refractivity contribution in [2.24, 2.45) is 0 Å². The highest BCUT2D eigenvalue weighted by Gasteiger charge is 2.31. The number of hydrogen-bond acceptors (Lipinski definition) is 1. The third-order valence-electron chi connectivity index (χ3n) is 2.76. The Hall–Kier alpha value is -0.810. The van der Waals surface area contributed by atoms with Crippen molar-refractivity contribution in [3.8, 4) is 11.1 Å². The van der Waals surface area contributed by atoms with Gasteiger partial charge in [-0.25, -0.2) is 0 Å². The molecule has 0 amide bonds. The number of halogens is 7. The summed E-state index contributed by atoms with van der Waals surface area (Å²) in [5.74, 6) is 0. The second kappa shape index (κ2) is 5.76. The van der Waals surface area contributed by atoms with Crippen LogP contribution < -0.4 is 5.73 Å². The molecule has 21 heavy (non-hydrogen) atoms. The molecule has 0 aliphatic rings. The quantitative estimate of drug-likeness (QED) is 0.341. The molecule has 0 fully saturated rings. The minimum Gasteiger partial charge on any atom is -0.398 e. The number of rotatable bonds is 1. The summed E-state index contributed by atoms with van der Waals surface area (Å²) in [4.78, 5) is 0. The fourth-order valence-electron chi connectivity index (χ4n) is 1.78. The first-order chi connectivity index (χ1) is 9.62. The van der Waals surface area contributed by atoms with Crippen LogP contribution in [-0.4, -0.2) is 0 Å². The SMILES string of the molecule is Nc1cc(C(F)(F)F)ccc1-c1c(Cl)cc(Cl)c(Cl)c1Cl. The van der Waals surface area contributed by atoms with Crippen molar-refractivity contribution in [2.45, 2.75) is 6.18 Å². The summed E-state index contributed by atoms with van der Waals surface area (Å²) in [5, 5.41) is 0.361. The maximum atomic E-state index is 12.6. The molecule has 0 heterocycles. The van der Waals surface area contributed by atoms with Crippen molar-refractivity contribution in [2.75, 3.05) is 5.73 Å². The largest absolute Gasteiger partial charge is 0.416 e. The lowest BCUT2D eigenvalue weighted by Gasteiger charge is -2.14. The lowest BCUT2D eigenvalue weighted by atomic mass is 10.0. The predicted molar refractivity (Wildman–Crippen MR) is 81.3 cm³/mol. The summed E-state index contributed by atoms with van der Waals surface area (Å²) in [6, 6.07) is 4.24. The number of anilines is 1. The van der Waals surface area contributed by atoms with Gasteiger partial charge in [0.2, 0.25) is 0 Å². The molecular weight excluding hydrogens is 369 g/mol. The summed E-state index contributed by atoms with van der Waals surface area (Å²) >= 11 is 23.8. The van der Waals surface area contributed by atoms with Crippen LogP contribution in [0.5, 0.6) is 0 Å². The van der Waals surface area contributed by atoms with Gasteiger partial charge in [0.15, 0.2) is 0 Å². The Kier molecular flexibility index (Phi) is 4.54. The van der Waals surface area contributed by atoms with E-state index in [4.69, 9.17) is 52.1 Å². The minimum absolute atomic E-state index is 0.0284. The van der Waals surface area contributed by atoms with E-state index in [2.05, 4.69) is 0 Å². The molecule has 0 radical (unpaired) electrons. The van der Waals surface area contributed by atoms with Gasteiger partial charge < -0.3 is 5.73 Å². The molecule has 0 aliphatic carbocycles. The van der Waals surface area contributed by atoms with Gasteiger partial charge in [-0.3, -0.25) is 0 Å². The first-order valence-corrected chi connectivity index (χ1v) is 6.94. The number of hydrogen-bond donors (Lipinski definition) is 1. The molecule has 0 saturated heterocycles. The number of benzene rings is 2. The second-order valence-corrected chi connectivity index (χ2v) is 5.71. The molecule has 112 valence electrons. The molecule has 8 heteroatoms. The smallest absolute Gasteiger partial charge is 0.398 e. The van der Waals surface area contributed by atoms with Gasteiger partial charge >= 0.3 is 6.18 Å². The maximum absolute atomic E-state index is 12.6. The van der Waals surface area contributed by atoms with E-state index in [1.54, 1.807) is 0 Å². The molecule has 1 nitrogen and oxygen atoms in total. The average molecular weight is 375 g/mol. The highest BCUT2D eigenvalue weighted by molar-refractivity contribution is 6.51. The van der Waals surface area contributed by atoms with Crippen LogP contribution in [0.2, 0.25) is 20.1 Å². The predicted octanol–water partition coefficient (Wildman–Crippen LogP) is 6.57. The molecule has 2 rings (SSSR count).